The van der Waals surface area contributed by atoms with E-state index in [0.29, 0.717) is 30.5 Å². The van der Waals surface area contributed by atoms with Gasteiger partial charge in [-0.25, -0.2) is 22.7 Å². The first-order chi connectivity index (χ1) is 15.3. The van der Waals surface area contributed by atoms with Crippen LogP contribution in [0, 0.1) is 11.3 Å². The van der Waals surface area contributed by atoms with Gasteiger partial charge in [0, 0.05) is 37.6 Å². The number of fused-ring (bicyclic) bond motifs is 2. The van der Waals surface area contributed by atoms with Crippen molar-refractivity contribution < 1.29 is 22.7 Å². The predicted molar refractivity (Wildman–Crippen MR) is 121 cm³/mol. The van der Waals surface area contributed by atoms with Gasteiger partial charge >= 0.3 is 12.1 Å². The number of amides is 3. The lowest BCUT2D eigenvalue weighted by Gasteiger charge is -2.35. The molecule has 3 fully saturated rings. The molecule has 178 valence electrons. The SMILES string of the molecule is O=C(NCCN1CCNC1=O)OCC12CCCCC(CC1)C2NS(=O)(=O)c1ccc(Cl)s1. The highest BCUT2D eigenvalue weighted by molar-refractivity contribution is 7.91. The van der Waals surface area contributed by atoms with Gasteiger partial charge in [-0.3, -0.25) is 0 Å². The number of rotatable bonds is 8. The van der Waals surface area contributed by atoms with Crippen molar-refractivity contribution in [2.24, 2.45) is 11.3 Å². The van der Waals surface area contributed by atoms with Gasteiger partial charge in [0.15, 0.2) is 0 Å². The van der Waals surface area contributed by atoms with E-state index in [2.05, 4.69) is 15.4 Å². The van der Waals surface area contributed by atoms with Crippen LogP contribution in [0.15, 0.2) is 16.3 Å². The number of hydrogen-bond acceptors (Lipinski definition) is 6. The minimum Gasteiger partial charge on any atom is -0.449 e. The molecule has 2 saturated carbocycles. The second kappa shape index (κ2) is 9.74. The van der Waals surface area contributed by atoms with Gasteiger partial charge in [-0.05, 0) is 43.7 Å². The Labute approximate surface area is 197 Å². The largest absolute Gasteiger partial charge is 0.449 e. The van der Waals surface area contributed by atoms with Gasteiger partial charge in [-0.2, -0.15) is 0 Å². The fraction of sp³-hybridized carbons (Fsp3) is 0.700. The van der Waals surface area contributed by atoms with Gasteiger partial charge < -0.3 is 20.3 Å². The number of sulfonamides is 1. The summed E-state index contributed by atoms with van der Waals surface area (Å²) >= 11 is 6.98. The average Bonchev–Trinajstić information content (AvgIpc) is 3.40. The first-order valence-electron chi connectivity index (χ1n) is 11.0. The number of ether oxygens (including phenoxy) is 1. The quantitative estimate of drug-likeness (QED) is 0.503. The van der Waals surface area contributed by atoms with Crippen molar-refractivity contribution >= 4 is 45.1 Å². The Morgan fingerprint density at radius 1 is 1.31 bits per heavy atom. The topological polar surface area (TPSA) is 117 Å². The summed E-state index contributed by atoms with van der Waals surface area (Å²) in [6, 6.07) is 2.69. The molecule has 3 aliphatic rings. The minimum atomic E-state index is -3.70. The number of nitrogens with zero attached hydrogens (tertiary/aromatic N) is 1. The Hall–Kier alpha value is -1.56. The molecule has 3 atom stereocenters. The third kappa shape index (κ3) is 5.16. The first-order valence-corrected chi connectivity index (χ1v) is 13.7. The van der Waals surface area contributed by atoms with Gasteiger partial charge in [0.25, 0.3) is 0 Å². The fourth-order valence-corrected chi connectivity index (χ4v) is 8.08. The molecule has 2 bridgehead atoms. The fourth-order valence-electron chi connectivity index (χ4n) is 5.17. The number of nitrogens with one attached hydrogen (secondary N) is 3. The lowest BCUT2D eigenvalue weighted by molar-refractivity contribution is 0.0642. The molecule has 3 N–H and O–H groups in total. The summed E-state index contributed by atoms with van der Waals surface area (Å²) in [5.74, 6) is 0.225. The highest BCUT2D eigenvalue weighted by Crippen LogP contribution is 2.50. The number of carbonyl (C=O) groups excluding carboxylic acids is 2. The van der Waals surface area contributed by atoms with Crippen LogP contribution in [0.5, 0.6) is 0 Å². The lowest BCUT2D eigenvalue weighted by Crippen LogP contribution is -2.49. The van der Waals surface area contributed by atoms with Crippen molar-refractivity contribution in [3.05, 3.63) is 16.5 Å². The van der Waals surface area contributed by atoms with Gasteiger partial charge in [0.1, 0.15) is 10.8 Å². The predicted octanol–water partition coefficient (Wildman–Crippen LogP) is 2.77. The molecule has 3 amide bonds. The molecule has 1 aromatic heterocycles. The summed E-state index contributed by atoms with van der Waals surface area (Å²) in [4.78, 5) is 25.5. The molecule has 0 radical (unpaired) electrons. The minimum absolute atomic E-state index is 0.128. The Bertz CT molecular complexity index is 956. The Kier molecular flexibility index (Phi) is 7.18. The van der Waals surface area contributed by atoms with Crippen LogP contribution in [0.2, 0.25) is 4.34 Å². The van der Waals surface area contributed by atoms with Crippen LogP contribution in [-0.4, -0.2) is 64.3 Å². The van der Waals surface area contributed by atoms with Crippen LogP contribution < -0.4 is 15.4 Å². The molecule has 1 saturated heterocycles. The molecule has 0 spiro atoms. The van der Waals surface area contributed by atoms with Crippen molar-refractivity contribution in [2.75, 3.05) is 32.8 Å². The Balaban J connectivity index is 1.37. The second-order valence-corrected chi connectivity index (χ2v) is 12.4. The third-order valence-electron chi connectivity index (χ3n) is 6.83. The molecule has 32 heavy (non-hydrogen) atoms. The lowest BCUT2D eigenvalue weighted by atomic mass is 9.79. The van der Waals surface area contributed by atoms with E-state index in [9.17, 15) is 18.0 Å². The van der Waals surface area contributed by atoms with Crippen molar-refractivity contribution in [2.45, 2.75) is 48.8 Å². The summed E-state index contributed by atoms with van der Waals surface area (Å²) in [5.41, 5.74) is -0.415. The first kappa shape index (κ1) is 23.6. The summed E-state index contributed by atoms with van der Waals surface area (Å²) in [5, 5.41) is 5.41. The van der Waals surface area contributed by atoms with Crippen LogP contribution in [0.1, 0.15) is 38.5 Å². The van der Waals surface area contributed by atoms with Crippen LogP contribution >= 0.6 is 22.9 Å². The molecule has 2 aliphatic carbocycles. The zero-order chi connectivity index (χ0) is 22.8. The number of thiophene rings is 1. The van der Waals surface area contributed by atoms with Gasteiger partial charge in [-0.1, -0.05) is 24.4 Å². The molecular weight excluding hydrogens is 476 g/mol. The zero-order valence-corrected chi connectivity index (χ0v) is 20.2. The van der Waals surface area contributed by atoms with Crippen molar-refractivity contribution in [1.82, 2.24) is 20.3 Å². The maximum Gasteiger partial charge on any atom is 0.407 e. The molecule has 12 heteroatoms. The molecule has 9 nitrogen and oxygen atoms in total. The van der Waals surface area contributed by atoms with E-state index in [1.54, 1.807) is 11.0 Å². The second-order valence-electron chi connectivity index (χ2n) is 8.79. The highest BCUT2D eigenvalue weighted by atomic mass is 35.5. The van der Waals surface area contributed by atoms with E-state index >= 15 is 0 Å². The molecule has 3 unspecified atom stereocenters. The average molecular weight is 505 g/mol. The maximum atomic E-state index is 13.0. The van der Waals surface area contributed by atoms with Crippen LogP contribution in [0.25, 0.3) is 0 Å². The number of alkyl carbamates (subject to hydrolysis) is 1. The van der Waals surface area contributed by atoms with Crippen molar-refractivity contribution in [1.29, 1.82) is 0 Å². The number of halogens is 1. The van der Waals surface area contributed by atoms with Crippen LogP contribution in [0.3, 0.4) is 0 Å². The van der Waals surface area contributed by atoms with E-state index in [1.807, 2.05) is 0 Å². The van der Waals surface area contributed by atoms with Crippen molar-refractivity contribution in [3.8, 4) is 0 Å². The van der Waals surface area contributed by atoms with Gasteiger partial charge in [0.2, 0.25) is 10.0 Å². The monoisotopic (exact) mass is 504 g/mol. The summed E-state index contributed by atoms with van der Waals surface area (Å²) in [6.07, 6.45) is 4.98. The molecule has 4 rings (SSSR count). The standard InChI is InChI=1S/C20H29ClN4O5S2/c21-15-4-5-16(31-15)32(28,29)24-17-14-3-1-2-7-20(17,8-6-14)13-30-19(27)23-10-12-25-11-9-22-18(25)26/h4-5,14,17,24H,1-3,6-13H2,(H,22,26)(H,23,27). The Morgan fingerprint density at radius 3 is 2.88 bits per heavy atom. The number of urea groups is 1. The number of carbonyl (C=O) groups is 2. The molecule has 1 aliphatic heterocycles. The molecule has 2 heterocycles. The third-order valence-corrected chi connectivity index (χ3v) is 9.99. The van der Waals surface area contributed by atoms with E-state index in [-0.39, 0.29) is 28.8 Å². The van der Waals surface area contributed by atoms with E-state index in [4.69, 9.17) is 16.3 Å². The Morgan fingerprint density at radius 2 is 2.16 bits per heavy atom. The normalized spacial score (nSPS) is 27.8. The highest BCUT2D eigenvalue weighted by Gasteiger charge is 2.51. The summed E-state index contributed by atoms with van der Waals surface area (Å²) < 4.78 is 35.2. The van der Waals surface area contributed by atoms with Crippen LogP contribution in [-0.2, 0) is 14.8 Å². The summed E-state index contributed by atoms with van der Waals surface area (Å²) in [6.45, 7) is 2.12. The maximum absolute atomic E-state index is 13.0. The van der Waals surface area contributed by atoms with Crippen LogP contribution in [0.4, 0.5) is 9.59 Å². The molecule has 0 aromatic carbocycles. The van der Waals surface area contributed by atoms with Gasteiger partial charge in [0.05, 0.1) is 4.34 Å². The number of hydrogen-bond donors (Lipinski definition) is 3. The molecule has 1 aromatic rings. The zero-order valence-electron chi connectivity index (χ0n) is 17.8. The van der Waals surface area contributed by atoms with Gasteiger partial charge in [-0.15, -0.1) is 11.3 Å². The smallest absolute Gasteiger partial charge is 0.407 e. The molecular formula is C20H29ClN4O5S2. The van der Waals surface area contributed by atoms with Crippen molar-refractivity contribution in [3.63, 3.8) is 0 Å². The van der Waals surface area contributed by atoms with E-state index in [0.717, 1.165) is 49.9 Å². The van der Waals surface area contributed by atoms with E-state index < -0.39 is 21.5 Å². The summed E-state index contributed by atoms with van der Waals surface area (Å²) in [7, 11) is -3.70. The van der Waals surface area contributed by atoms with E-state index in [1.165, 1.54) is 6.07 Å².